The van der Waals surface area contributed by atoms with Crippen molar-refractivity contribution in [1.82, 2.24) is 9.55 Å². The highest BCUT2D eigenvalue weighted by molar-refractivity contribution is 7.61. The maximum Gasteiger partial charge on any atom is 0.481 e. The standard InChI is InChI=1S/C56H83N3O16P2/c1-3-5-7-9-11-13-15-17-18-19-20-21-22-24-26-28-30-32-36-41-52(62)73-48(44-70-51(61)40-37-33-35-39-47(60)38-34-31-29-27-25-23-16-14-12-10-8-6-4-2)45-71-76(66,67)75-77(68,69)72-46-49-53(63)54(64)55(74-49)59-43-42-50(57)58-56(59)65/h5-8,11-14,17-18,20-21,23-26,29,31,33-35,38,42-43,47-49,53-55,60,63-64H,3-4,9-10,15-16,19,22,27-28,30,32,36-37,39-41,44-46H2,1-2H3,(H,66,67)(H,68,69)(H2,57,58,65)/b7-5-,8-6-,13-11-,14-12-,18-17-,21-20-,25-23-,26-24-,31-29-,35-33-,38-34-/t47?,48-,49-,53-,54-,55-/m1/s1. The summed E-state index contributed by atoms with van der Waals surface area (Å²) >= 11 is 0. The molecule has 8 atom stereocenters. The van der Waals surface area contributed by atoms with Crippen molar-refractivity contribution in [2.24, 2.45) is 0 Å². The molecule has 2 heterocycles. The summed E-state index contributed by atoms with van der Waals surface area (Å²) in [7, 11) is -11.0. The number of rotatable bonds is 41. The van der Waals surface area contributed by atoms with Crippen LogP contribution in [0.3, 0.4) is 0 Å². The van der Waals surface area contributed by atoms with E-state index >= 15 is 0 Å². The zero-order chi connectivity index (χ0) is 56.4. The number of phosphoric ester groups is 2. The largest absolute Gasteiger partial charge is 0.481 e. The van der Waals surface area contributed by atoms with E-state index in [1.54, 1.807) is 24.3 Å². The minimum absolute atomic E-state index is 0.0352. The number of nitrogens with zero attached hydrogens (tertiary/aromatic N) is 2. The number of aromatic nitrogens is 2. The number of esters is 2. The number of carbonyl (C=O) groups excluding carboxylic acids is 2. The second kappa shape index (κ2) is 41.9. The van der Waals surface area contributed by atoms with Gasteiger partial charge in [0.15, 0.2) is 12.3 Å². The molecule has 1 aromatic heterocycles. The van der Waals surface area contributed by atoms with Crippen molar-refractivity contribution < 1.29 is 71.4 Å². The number of nitrogen functional groups attached to an aromatic ring is 1. The molecule has 0 amide bonds. The Kier molecular flexibility index (Phi) is 37.0. The predicted molar refractivity (Wildman–Crippen MR) is 299 cm³/mol. The van der Waals surface area contributed by atoms with Crippen LogP contribution in [0.4, 0.5) is 5.82 Å². The van der Waals surface area contributed by atoms with Crippen molar-refractivity contribution in [2.75, 3.05) is 25.6 Å². The Labute approximate surface area is 454 Å². The fourth-order valence-electron chi connectivity index (χ4n) is 6.80. The molecule has 1 saturated heterocycles. The monoisotopic (exact) mass is 1120 g/mol. The third-order valence-corrected chi connectivity index (χ3v) is 13.4. The SMILES string of the molecule is CC/C=C\C/C=C\C/C=C\C/C=C\C=C/C(O)C/C=C\CCC(=O)OC[C@H](COP(=O)(O)OP(=O)(O)OC[C@H]1O[C@@H](n2ccc(N)nc2=O)[C@H](O)[C@@H]1O)OC(=O)CCCCC/C=C\C/C=C\C/C=C\C/C=C\C/C=C\CC. The second-order valence-electron chi connectivity index (χ2n) is 17.5. The molecule has 3 unspecified atom stereocenters. The number of allylic oxidation sites excluding steroid dienone is 20. The van der Waals surface area contributed by atoms with Gasteiger partial charge in [0.2, 0.25) is 0 Å². The Morgan fingerprint density at radius 2 is 1.23 bits per heavy atom. The summed E-state index contributed by atoms with van der Waals surface area (Å²) < 4.78 is 56.7. The lowest BCUT2D eigenvalue weighted by atomic mass is 10.1. The fraction of sp³-hybridized carbons (Fsp3) is 0.500. The Hall–Kier alpha value is -5.14. The Morgan fingerprint density at radius 1 is 0.688 bits per heavy atom. The van der Waals surface area contributed by atoms with Gasteiger partial charge in [0, 0.05) is 19.0 Å². The lowest BCUT2D eigenvalue weighted by Crippen LogP contribution is -2.36. The highest BCUT2D eigenvalue weighted by Gasteiger charge is 2.46. The number of aliphatic hydroxyl groups is 3. The van der Waals surface area contributed by atoms with Crippen molar-refractivity contribution in [3.63, 3.8) is 0 Å². The smallest absolute Gasteiger partial charge is 0.462 e. The first-order valence-corrected chi connectivity index (χ1v) is 29.3. The Morgan fingerprint density at radius 3 is 1.82 bits per heavy atom. The van der Waals surface area contributed by atoms with Crippen LogP contribution in [0.5, 0.6) is 0 Å². The van der Waals surface area contributed by atoms with Crippen LogP contribution >= 0.6 is 15.6 Å². The average molecular weight is 1120 g/mol. The number of unbranched alkanes of at least 4 members (excludes halogenated alkanes) is 3. The molecule has 0 aliphatic carbocycles. The normalized spacial score (nSPS) is 20.1. The van der Waals surface area contributed by atoms with E-state index in [0.29, 0.717) is 19.3 Å². The summed E-state index contributed by atoms with van der Waals surface area (Å²) in [6.45, 7) is 1.71. The van der Waals surface area contributed by atoms with Gasteiger partial charge in [0.25, 0.3) is 0 Å². The van der Waals surface area contributed by atoms with Crippen LogP contribution in [0.1, 0.15) is 129 Å². The van der Waals surface area contributed by atoms with Crippen molar-refractivity contribution in [2.45, 2.75) is 160 Å². The molecule has 2 rings (SSSR count). The molecule has 77 heavy (non-hydrogen) atoms. The maximum atomic E-state index is 12.9. The molecule has 7 N–H and O–H groups in total. The lowest BCUT2D eigenvalue weighted by molar-refractivity contribution is -0.161. The van der Waals surface area contributed by atoms with E-state index in [0.717, 1.165) is 81.4 Å². The number of anilines is 1. The number of hydrogen-bond donors (Lipinski definition) is 6. The number of aliphatic hydroxyl groups excluding tert-OH is 3. The van der Waals surface area contributed by atoms with Gasteiger partial charge in [-0.05, 0) is 96.0 Å². The van der Waals surface area contributed by atoms with Gasteiger partial charge in [-0.3, -0.25) is 23.2 Å². The maximum absolute atomic E-state index is 12.9. The summed E-state index contributed by atoms with van der Waals surface area (Å²) in [5.41, 5.74) is 4.57. The van der Waals surface area contributed by atoms with Crippen LogP contribution < -0.4 is 11.4 Å². The number of ether oxygens (including phenoxy) is 3. The second-order valence-corrected chi connectivity index (χ2v) is 20.5. The van der Waals surface area contributed by atoms with Gasteiger partial charge in [-0.15, -0.1) is 0 Å². The van der Waals surface area contributed by atoms with Crippen LogP contribution in [-0.2, 0) is 46.3 Å². The van der Waals surface area contributed by atoms with Crippen molar-refractivity contribution in [3.8, 4) is 0 Å². The number of hydrogen-bond acceptors (Lipinski definition) is 16. The molecule has 428 valence electrons. The summed E-state index contributed by atoms with van der Waals surface area (Å²) in [5, 5.41) is 31.2. The molecular formula is C56H83N3O16P2. The van der Waals surface area contributed by atoms with E-state index in [1.807, 2.05) is 12.2 Å². The van der Waals surface area contributed by atoms with Crippen LogP contribution in [0.2, 0.25) is 0 Å². The molecule has 19 nitrogen and oxygen atoms in total. The first-order chi connectivity index (χ1) is 37.1. The molecular weight excluding hydrogens is 1030 g/mol. The molecule has 1 fully saturated rings. The van der Waals surface area contributed by atoms with Gasteiger partial charge < -0.3 is 45.1 Å². The molecule has 1 aromatic rings. The number of carbonyl (C=O) groups is 2. The van der Waals surface area contributed by atoms with Gasteiger partial charge in [0.1, 0.15) is 30.7 Å². The predicted octanol–water partition coefficient (Wildman–Crippen LogP) is 10.3. The van der Waals surface area contributed by atoms with E-state index in [2.05, 4.69) is 120 Å². The summed E-state index contributed by atoms with van der Waals surface area (Å²) in [4.78, 5) is 62.0. The zero-order valence-corrected chi connectivity index (χ0v) is 46.3. The van der Waals surface area contributed by atoms with Crippen molar-refractivity contribution in [1.29, 1.82) is 0 Å². The fourth-order valence-corrected chi connectivity index (χ4v) is 8.91. The van der Waals surface area contributed by atoms with Crippen molar-refractivity contribution in [3.05, 3.63) is 156 Å². The van der Waals surface area contributed by atoms with E-state index in [-0.39, 0.29) is 25.1 Å². The summed E-state index contributed by atoms with van der Waals surface area (Å²) in [6, 6.07) is 1.23. The van der Waals surface area contributed by atoms with Crippen LogP contribution in [0.25, 0.3) is 0 Å². The first kappa shape index (κ1) is 68.0. The van der Waals surface area contributed by atoms with Crippen LogP contribution in [-0.4, -0.2) is 96.9 Å². The number of nitrogens with two attached hydrogens (primary N) is 1. The zero-order valence-electron chi connectivity index (χ0n) is 44.6. The van der Waals surface area contributed by atoms with Crippen molar-refractivity contribution >= 4 is 33.4 Å². The Bertz CT molecular complexity index is 2340. The topological polar surface area (TPSA) is 286 Å². The van der Waals surface area contributed by atoms with Gasteiger partial charge >= 0.3 is 33.3 Å². The molecule has 1 aliphatic heterocycles. The lowest BCUT2D eigenvalue weighted by Gasteiger charge is -2.21. The number of phosphoric acid groups is 2. The quantitative estimate of drug-likeness (QED) is 0.0117. The molecule has 21 heteroatoms. The van der Waals surface area contributed by atoms with Gasteiger partial charge in [-0.1, -0.05) is 154 Å². The molecule has 0 radical (unpaired) electrons. The van der Waals surface area contributed by atoms with Crippen LogP contribution in [0.15, 0.2) is 151 Å². The third kappa shape index (κ3) is 34.4. The Balaban J connectivity index is 1.87. The van der Waals surface area contributed by atoms with Gasteiger partial charge in [-0.25, -0.2) is 13.9 Å². The third-order valence-electron chi connectivity index (χ3n) is 10.8. The van der Waals surface area contributed by atoms with Gasteiger partial charge in [-0.2, -0.15) is 9.29 Å². The first-order valence-electron chi connectivity index (χ1n) is 26.3. The molecule has 0 spiro atoms. The van der Waals surface area contributed by atoms with E-state index in [1.165, 1.54) is 6.07 Å². The van der Waals surface area contributed by atoms with Crippen LogP contribution in [0, 0.1) is 0 Å². The van der Waals surface area contributed by atoms with E-state index in [9.17, 15) is 48.6 Å². The highest BCUT2D eigenvalue weighted by Crippen LogP contribution is 2.60. The van der Waals surface area contributed by atoms with E-state index in [4.69, 9.17) is 29.0 Å². The minimum Gasteiger partial charge on any atom is -0.462 e. The highest BCUT2D eigenvalue weighted by atomic mass is 31.3. The molecule has 0 saturated carbocycles. The summed E-state index contributed by atoms with van der Waals surface area (Å²) in [6.07, 6.45) is 48.4. The average Bonchev–Trinajstić information content (AvgIpc) is 3.67. The molecule has 1 aliphatic rings. The van der Waals surface area contributed by atoms with Gasteiger partial charge in [0.05, 0.1) is 19.3 Å². The summed E-state index contributed by atoms with van der Waals surface area (Å²) in [5.74, 6) is -1.54. The molecule has 0 bridgehead atoms. The molecule has 0 aromatic carbocycles. The van der Waals surface area contributed by atoms with E-state index < -0.39 is 89.8 Å². The minimum atomic E-state index is -5.48.